The van der Waals surface area contributed by atoms with E-state index in [1.165, 1.54) is 0 Å². The SMILES string of the molecule is CCc1nc(CN=C(N)NCCCN2CCOCC2)cs1. The van der Waals surface area contributed by atoms with Crippen molar-refractivity contribution in [1.82, 2.24) is 15.2 Å². The Morgan fingerprint density at radius 1 is 1.52 bits per heavy atom. The lowest BCUT2D eigenvalue weighted by atomic mass is 10.3. The summed E-state index contributed by atoms with van der Waals surface area (Å²) in [5.41, 5.74) is 6.86. The van der Waals surface area contributed by atoms with Gasteiger partial charge in [0.1, 0.15) is 0 Å². The molecule has 21 heavy (non-hydrogen) atoms. The molecule has 2 heterocycles. The van der Waals surface area contributed by atoms with Gasteiger partial charge < -0.3 is 15.8 Å². The van der Waals surface area contributed by atoms with Crippen LogP contribution in [-0.2, 0) is 17.7 Å². The molecular formula is C14H25N5OS. The summed E-state index contributed by atoms with van der Waals surface area (Å²) in [7, 11) is 0. The maximum atomic E-state index is 5.86. The fourth-order valence-corrected chi connectivity index (χ4v) is 2.89. The van der Waals surface area contributed by atoms with Gasteiger partial charge in [-0.15, -0.1) is 11.3 Å². The Bertz CT molecular complexity index is 442. The lowest BCUT2D eigenvalue weighted by molar-refractivity contribution is 0.0376. The van der Waals surface area contributed by atoms with Gasteiger partial charge in [0.25, 0.3) is 0 Å². The molecule has 0 spiro atoms. The number of aliphatic imine (C=N–C) groups is 1. The van der Waals surface area contributed by atoms with Crippen LogP contribution in [0, 0.1) is 0 Å². The summed E-state index contributed by atoms with van der Waals surface area (Å²) in [6, 6.07) is 0. The first-order valence-corrected chi connectivity index (χ1v) is 8.43. The molecule has 3 N–H and O–H groups in total. The van der Waals surface area contributed by atoms with Crippen LogP contribution in [0.25, 0.3) is 0 Å². The van der Waals surface area contributed by atoms with Gasteiger partial charge in [-0.2, -0.15) is 0 Å². The van der Waals surface area contributed by atoms with Crippen LogP contribution in [0.2, 0.25) is 0 Å². The Kier molecular flexibility index (Phi) is 6.91. The van der Waals surface area contributed by atoms with E-state index >= 15 is 0 Å². The summed E-state index contributed by atoms with van der Waals surface area (Å²) in [5, 5.41) is 6.36. The van der Waals surface area contributed by atoms with Crippen molar-refractivity contribution in [2.45, 2.75) is 26.3 Å². The van der Waals surface area contributed by atoms with Gasteiger partial charge in [-0.25, -0.2) is 9.98 Å². The number of aromatic nitrogens is 1. The average molecular weight is 311 g/mol. The Balaban J connectivity index is 1.59. The summed E-state index contributed by atoms with van der Waals surface area (Å²) >= 11 is 1.68. The van der Waals surface area contributed by atoms with Crippen LogP contribution in [0.15, 0.2) is 10.4 Å². The zero-order chi connectivity index (χ0) is 14.9. The molecule has 1 aromatic rings. The number of morpholine rings is 1. The zero-order valence-corrected chi connectivity index (χ0v) is 13.5. The van der Waals surface area contributed by atoms with E-state index in [0.717, 1.165) is 62.9 Å². The van der Waals surface area contributed by atoms with Crippen LogP contribution >= 0.6 is 11.3 Å². The maximum Gasteiger partial charge on any atom is 0.188 e. The molecule has 1 aliphatic rings. The summed E-state index contributed by atoms with van der Waals surface area (Å²) in [6.07, 6.45) is 2.04. The van der Waals surface area contributed by atoms with Crippen molar-refractivity contribution in [3.8, 4) is 0 Å². The van der Waals surface area contributed by atoms with Crippen LogP contribution in [-0.4, -0.2) is 55.2 Å². The molecule has 1 fully saturated rings. The number of guanidine groups is 1. The molecule has 7 heteroatoms. The third-order valence-electron chi connectivity index (χ3n) is 3.37. The minimum atomic E-state index is 0.503. The van der Waals surface area contributed by atoms with Crippen LogP contribution in [0.4, 0.5) is 0 Å². The first-order chi connectivity index (χ1) is 10.3. The van der Waals surface area contributed by atoms with Crippen molar-refractivity contribution in [2.75, 3.05) is 39.4 Å². The van der Waals surface area contributed by atoms with Gasteiger partial charge in [0, 0.05) is 25.0 Å². The van der Waals surface area contributed by atoms with E-state index in [1.54, 1.807) is 11.3 Å². The molecule has 0 radical (unpaired) electrons. The van der Waals surface area contributed by atoms with Crippen LogP contribution < -0.4 is 11.1 Å². The number of hydrogen-bond donors (Lipinski definition) is 2. The molecule has 0 bridgehead atoms. The first kappa shape index (κ1) is 16.2. The molecule has 0 saturated carbocycles. The number of aryl methyl sites for hydroxylation is 1. The van der Waals surface area contributed by atoms with Crippen molar-refractivity contribution >= 4 is 17.3 Å². The normalized spacial score (nSPS) is 17.1. The standard InChI is InChI=1S/C14H25N5OS/c1-2-13-18-12(11-21-13)10-17-14(15)16-4-3-5-19-6-8-20-9-7-19/h11H,2-10H2,1H3,(H3,15,16,17). The highest BCUT2D eigenvalue weighted by Crippen LogP contribution is 2.10. The Labute approximate surface area is 130 Å². The van der Waals surface area contributed by atoms with Gasteiger partial charge in [-0.05, 0) is 19.4 Å². The molecule has 1 aromatic heterocycles. The largest absolute Gasteiger partial charge is 0.379 e. The fraction of sp³-hybridized carbons (Fsp3) is 0.714. The van der Waals surface area contributed by atoms with Gasteiger partial charge in [0.15, 0.2) is 5.96 Å². The molecule has 0 amide bonds. The van der Waals surface area contributed by atoms with Crippen molar-refractivity contribution in [3.63, 3.8) is 0 Å². The summed E-state index contributed by atoms with van der Waals surface area (Å²) in [6.45, 7) is 8.36. The van der Waals surface area contributed by atoms with E-state index in [2.05, 4.69) is 27.1 Å². The molecular weight excluding hydrogens is 286 g/mol. The number of hydrogen-bond acceptors (Lipinski definition) is 5. The number of rotatable bonds is 7. The average Bonchev–Trinajstić information content (AvgIpc) is 2.99. The number of nitrogens with zero attached hydrogens (tertiary/aromatic N) is 3. The van der Waals surface area contributed by atoms with Crippen LogP contribution in [0.3, 0.4) is 0 Å². The summed E-state index contributed by atoms with van der Waals surface area (Å²) in [5.74, 6) is 0.503. The Hall–Kier alpha value is -1.18. The van der Waals surface area contributed by atoms with Crippen molar-refractivity contribution < 1.29 is 4.74 Å². The predicted octanol–water partition coefficient (Wildman–Crippen LogP) is 0.832. The number of nitrogens with two attached hydrogens (primary N) is 1. The molecule has 1 saturated heterocycles. The molecule has 1 aliphatic heterocycles. The third-order valence-corrected chi connectivity index (χ3v) is 4.42. The quantitative estimate of drug-likeness (QED) is 0.443. The molecule has 6 nitrogen and oxygen atoms in total. The minimum absolute atomic E-state index is 0.503. The van der Waals surface area contributed by atoms with Crippen molar-refractivity contribution in [2.24, 2.45) is 10.7 Å². The highest BCUT2D eigenvalue weighted by molar-refractivity contribution is 7.09. The van der Waals surface area contributed by atoms with Gasteiger partial charge in [-0.3, -0.25) is 4.90 Å². The lowest BCUT2D eigenvalue weighted by Crippen LogP contribution is -2.39. The van der Waals surface area contributed by atoms with Crippen LogP contribution in [0.5, 0.6) is 0 Å². The zero-order valence-electron chi connectivity index (χ0n) is 12.7. The van der Waals surface area contributed by atoms with E-state index in [9.17, 15) is 0 Å². The number of nitrogens with one attached hydrogen (secondary N) is 1. The first-order valence-electron chi connectivity index (χ1n) is 7.55. The minimum Gasteiger partial charge on any atom is -0.379 e. The van der Waals surface area contributed by atoms with E-state index in [1.807, 2.05) is 5.38 Å². The fourth-order valence-electron chi connectivity index (χ4n) is 2.15. The third kappa shape index (κ3) is 5.99. The number of ether oxygens (including phenoxy) is 1. The van der Waals surface area contributed by atoms with Gasteiger partial charge in [-0.1, -0.05) is 6.92 Å². The van der Waals surface area contributed by atoms with Gasteiger partial charge in [0.2, 0.25) is 0 Å². The second-order valence-electron chi connectivity index (χ2n) is 5.02. The van der Waals surface area contributed by atoms with Crippen LogP contribution in [0.1, 0.15) is 24.0 Å². The molecule has 0 aromatic carbocycles. The Morgan fingerprint density at radius 3 is 3.05 bits per heavy atom. The Morgan fingerprint density at radius 2 is 2.33 bits per heavy atom. The highest BCUT2D eigenvalue weighted by atomic mass is 32.1. The lowest BCUT2D eigenvalue weighted by Gasteiger charge is -2.26. The predicted molar refractivity (Wildman–Crippen MR) is 86.7 cm³/mol. The molecule has 0 unspecified atom stereocenters. The monoisotopic (exact) mass is 311 g/mol. The van der Waals surface area contributed by atoms with Gasteiger partial charge >= 0.3 is 0 Å². The van der Waals surface area contributed by atoms with Gasteiger partial charge in [0.05, 0.1) is 30.5 Å². The van der Waals surface area contributed by atoms with E-state index in [0.29, 0.717) is 12.5 Å². The van der Waals surface area contributed by atoms with Crippen molar-refractivity contribution in [1.29, 1.82) is 0 Å². The summed E-state index contributed by atoms with van der Waals surface area (Å²) in [4.78, 5) is 11.2. The second kappa shape index (κ2) is 8.96. The molecule has 2 rings (SSSR count). The van der Waals surface area contributed by atoms with E-state index in [-0.39, 0.29) is 0 Å². The molecule has 0 atom stereocenters. The summed E-state index contributed by atoms with van der Waals surface area (Å²) < 4.78 is 5.33. The van der Waals surface area contributed by atoms with Crippen molar-refractivity contribution in [3.05, 3.63) is 16.1 Å². The topological polar surface area (TPSA) is 75.8 Å². The molecule has 118 valence electrons. The van der Waals surface area contributed by atoms with E-state index in [4.69, 9.17) is 10.5 Å². The number of thiazole rings is 1. The molecule has 0 aliphatic carbocycles. The smallest absolute Gasteiger partial charge is 0.188 e. The highest BCUT2D eigenvalue weighted by Gasteiger charge is 2.09. The maximum absolute atomic E-state index is 5.86. The van der Waals surface area contributed by atoms with E-state index < -0.39 is 0 Å². The second-order valence-corrected chi connectivity index (χ2v) is 5.96.